The van der Waals surface area contributed by atoms with Crippen LogP contribution in [0.2, 0.25) is 0 Å². The predicted molar refractivity (Wildman–Crippen MR) is 120 cm³/mol. The molecule has 3 rings (SSSR count). The van der Waals surface area contributed by atoms with Gasteiger partial charge in [-0.25, -0.2) is 13.1 Å². The standard InChI is InChI=1S/C17H25N7O3S.HI/c1-18-17(20-6-7-21-28(25,26)16-3-2-5-19-13-16)24-10-8-23(9-11-24)14-15-4-12-27-22-15;/h2-5,12-13,21H,6-11,14H2,1H3,(H,18,20);1H. The minimum Gasteiger partial charge on any atom is -0.364 e. The fourth-order valence-electron chi connectivity index (χ4n) is 2.95. The van der Waals surface area contributed by atoms with Gasteiger partial charge in [0.1, 0.15) is 11.2 Å². The van der Waals surface area contributed by atoms with E-state index in [1.165, 1.54) is 18.5 Å². The number of nitrogens with zero attached hydrogens (tertiary/aromatic N) is 5. The number of hydrogen-bond acceptors (Lipinski definition) is 7. The van der Waals surface area contributed by atoms with Crippen molar-refractivity contribution in [2.45, 2.75) is 11.4 Å². The van der Waals surface area contributed by atoms with Gasteiger partial charge in [-0.15, -0.1) is 24.0 Å². The number of rotatable bonds is 7. The molecular formula is C17H26IN7O3S. The molecule has 2 N–H and O–H groups in total. The van der Waals surface area contributed by atoms with Gasteiger partial charge in [-0.05, 0) is 12.1 Å². The zero-order valence-electron chi connectivity index (χ0n) is 16.2. The van der Waals surface area contributed by atoms with E-state index in [-0.39, 0.29) is 35.4 Å². The summed E-state index contributed by atoms with van der Waals surface area (Å²) >= 11 is 0. The number of piperazine rings is 1. The fourth-order valence-corrected chi connectivity index (χ4v) is 3.94. The Kier molecular flexibility index (Phi) is 9.26. The first-order chi connectivity index (χ1) is 13.6. The van der Waals surface area contributed by atoms with Gasteiger partial charge in [0.15, 0.2) is 5.96 Å². The highest BCUT2D eigenvalue weighted by molar-refractivity contribution is 14.0. The lowest BCUT2D eigenvalue weighted by molar-refractivity contribution is 0.169. The van der Waals surface area contributed by atoms with Crippen molar-refractivity contribution in [3.05, 3.63) is 42.5 Å². The molecule has 0 aliphatic carbocycles. The van der Waals surface area contributed by atoms with Crippen molar-refractivity contribution in [2.24, 2.45) is 4.99 Å². The van der Waals surface area contributed by atoms with E-state index in [1.54, 1.807) is 19.4 Å². The molecule has 1 aliphatic heterocycles. The van der Waals surface area contributed by atoms with E-state index in [0.29, 0.717) is 6.54 Å². The highest BCUT2D eigenvalue weighted by atomic mass is 127. The van der Waals surface area contributed by atoms with Gasteiger partial charge >= 0.3 is 0 Å². The number of guanidine groups is 1. The molecule has 2 aromatic heterocycles. The van der Waals surface area contributed by atoms with E-state index in [9.17, 15) is 8.42 Å². The molecule has 1 fully saturated rings. The first-order valence-electron chi connectivity index (χ1n) is 9.05. The summed E-state index contributed by atoms with van der Waals surface area (Å²) < 4.78 is 31.8. The molecule has 160 valence electrons. The van der Waals surface area contributed by atoms with Gasteiger partial charge in [-0.3, -0.25) is 14.9 Å². The molecule has 0 radical (unpaired) electrons. The molecule has 10 nitrogen and oxygen atoms in total. The lowest BCUT2D eigenvalue weighted by Crippen LogP contribution is -2.53. The second kappa shape index (κ2) is 11.4. The maximum atomic E-state index is 12.2. The van der Waals surface area contributed by atoms with E-state index in [0.717, 1.165) is 44.4 Å². The van der Waals surface area contributed by atoms with Gasteiger partial charge in [0.05, 0.1) is 5.69 Å². The molecule has 1 aliphatic rings. The van der Waals surface area contributed by atoms with Crippen molar-refractivity contribution in [2.75, 3.05) is 46.3 Å². The topological polar surface area (TPSA) is 116 Å². The maximum absolute atomic E-state index is 12.2. The SMILES string of the molecule is CN=C(NCCNS(=O)(=O)c1cccnc1)N1CCN(Cc2ccon2)CC1.I. The van der Waals surface area contributed by atoms with Crippen LogP contribution < -0.4 is 10.0 Å². The summed E-state index contributed by atoms with van der Waals surface area (Å²) in [7, 11) is -1.82. The van der Waals surface area contributed by atoms with Gasteiger partial charge in [0.25, 0.3) is 0 Å². The third-order valence-electron chi connectivity index (χ3n) is 4.41. The van der Waals surface area contributed by atoms with Crippen molar-refractivity contribution in [3.63, 3.8) is 0 Å². The third kappa shape index (κ3) is 6.90. The molecule has 0 spiro atoms. The molecule has 12 heteroatoms. The molecule has 29 heavy (non-hydrogen) atoms. The summed E-state index contributed by atoms with van der Waals surface area (Å²) in [6, 6.07) is 4.98. The molecular weight excluding hydrogens is 509 g/mol. The predicted octanol–water partition coefficient (Wildman–Crippen LogP) is 0.359. The van der Waals surface area contributed by atoms with Crippen molar-refractivity contribution in [1.82, 2.24) is 30.0 Å². The normalized spacial score (nSPS) is 15.8. The van der Waals surface area contributed by atoms with Crippen LogP contribution in [0, 0.1) is 0 Å². The molecule has 3 heterocycles. The highest BCUT2D eigenvalue weighted by Crippen LogP contribution is 2.07. The highest BCUT2D eigenvalue weighted by Gasteiger charge is 2.20. The Morgan fingerprint density at radius 3 is 2.66 bits per heavy atom. The summed E-state index contributed by atoms with van der Waals surface area (Å²) in [5, 5.41) is 7.16. The van der Waals surface area contributed by atoms with Gasteiger partial charge in [-0.1, -0.05) is 5.16 Å². The van der Waals surface area contributed by atoms with E-state index in [1.807, 2.05) is 6.07 Å². The number of pyridine rings is 1. The molecule has 0 aromatic carbocycles. The van der Waals surface area contributed by atoms with E-state index >= 15 is 0 Å². The summed E-state index contributed by atoms with van der Waals surface area (Å²) in [5.41, 5.74) is 0.928. The van der Waals surface area contributed by atoms with E-state index < -0.39 is 10.0 Å². The Labute approximate surface area is 187 Å². The minimum absolute atomic E-state index is 0. The second-order valence-electron chi connectivity index (χ2n) is 6.31. The van der Waals surface area contributed by atoms with Crippen LogP contribution in [0.3, 0.4) is 0 Å². The number of sulfonamides is 1. The first kappa shape index (κ1) is 23.5. The van der Waals surface area contributed by atoms with Gasteiger partial charge in [-0.2, -0.15) is 0 Å². The van der Waals surface area contributed by atoms with Crippen LogP contribution in [0.15, 0.2) is 51.3 Å². The Bertz CT molecular complexity index is 854. The second-order valence-corrected chi connectivity index (χ2v) is 8.08. The average Bonchev–Trinajstić information content (AvgIpc) is 3.23. The molecule has 0 atom stereocenters. The van der Waals surface area contributed by atoms with Crippen LogP contribution in [-0.2, 0) is 16.6 Å². The molecule has 0 saturated carbocycles. The molecule has 0 bridgehead atoms. The molecule has 0 unspecified atom stereocenters. The van der Waals surface area contributed by atoms with Crippen LogP contribution in [0.4, 0.5) is 0 Å². The Morgan fingerprint density at radius 1 is 1.24 bits per heavy atom. The zero-order chi connectivity index (χ0) is 19.8. The maximum Gasteiger partial charge on any atom is 0.242 e. The first-order valence-corrected chi connectivity index (χ1v) is 10.5. The largest absolute Gasteiger partial charge is 0.364 e. The molecule has 0 amide bonds. The number of hydrogen-bond donors (Lipinski definition) is 2. The van der Waals surface area contributed by atoms with E-state index in [2.05, 4.69) is 35.0 Å². The van der Waals surface area contributed by atoms with Crippen molar-refractivity contribution >= 4 is 40.0 Å². The fraction of sp³-hybridized carbons (Fsp3) is 0.471. The van der Waals surface area contributed by atoms with Crippen LogP contribution in [0.1, 0.15) is 5.69 Å². The molecule has 1 saturated heterocycles. The Morgan fingerprint density at radius 2 is 2.03 bits per heavy atom. The van der Waals surface area contributed by atoms with Crippen molar-refractivity contribution in [1.29, 1.82) is 0 Å². The Balaban J connectivity index is 0.00000300. The lowest BCUT2D eigenvalue weighted by atomic mass is 10.3. The quantitative estimate of drug-likeness (QED) is 0.226. The summed E-state index contributed by atoms with van der Waals surface area (Å²) in [4.78, 5) is 12.8. The molecule has 2 aromatic rings. The summed E-state index contributed by atoms with van der Waals surface area (Å²) in [5.74, 6) is 0.765. The van der Waals surface area contributed by atoms with Crippen molar-refractivity contribution < 1.29 is 12.9 Å². The smallest absolute Gasteiger partial charge is 0.242 e. The number of aromatic nitrogens is 2. The Hall–Kier alpha value is -1.77. The van der Waals surface area contributed by atoms with Gasteiger partial charge < -0.3 is 14.7 Å². The van der Waals surface area contributed by atoms with Crippen LogP contribution in [0.5, 0.6) is 0 Å². The van der Waals surface area contributed by atoms with Gasteiger partial charge in [0.2, 0.25) is 10.0 Å². The summed E-state index contributed by atoms with van der Waals surface area (Å²) in [6.45, 7) is 4.90. The zero-order valence-corrected chi connectivity index (χ0v) is 19.3. The van der Waals surface area contributed by atoms with Crippen LogP contribution in [-0.4, -0.2) is 80.6 Å². The van der Waals surface area contributed by atoms with E-state index in [4.69, 9.17) is 4.52 Å². The number of halogens is 1. The van der Waals surface area contributed by atoms with Crippen LogP contribution >= 0.6 is 24.0 Å². The minimum atomic E-state index is -3.55. The number of nitrogens with one attached hydrogen (secondary N) is 2. The lowest BCUT2D eigenvalue weighted by Gasteiger charge is -2.36. The monoisotopic (exact) mass is 535 g/mol. The van der Waals surface area contributed by atoms with Crippen LogP contribution in [0.25, 0.3) is 0 Å². The third-order valence-corrected chi connectivity index (χ3v) is 5.85. The van der Waals surface area contributed by atoms with Crippen molar-refractivity contribution in [3.8, 4) is 0 Å². The number of aliphatic imine (C=N–C) groups is 1. The van der Waals surface area contributed by atoms with Gasteiger partial charge in [0, 0.05) is 71.3 Å². The summed E-state index contributed by atoms with van der Waals surface area (Å²) in [6.07, 6.45) is 4.45. The average molecular weight is 535 g/mol.